The first-order valence-corrected chi connectivity index (χ1v) is 8.92. The average Bonchev–Trinajstić information content (AvgIpc) is 2.67. The van der Waals surface area contributed by atoms with E-state index in [1.54, 1.807) is 31.2 Å². The van der Waals surface area contributed by atoms with Gasteiger partial charge in [0, 0.05) is 5.69 Å². The van der Waals surface area contributed by atoms with Gasteiger partial charge in [-0.1, -0.05) is 12.1 Å². The predicted octanol–water partition coefficient (Wildman–Crippen LogP) is 3.68. The molecule has 0 saturated heterocycles. The first-order valence-electron chi connectivity index (χ1n) is 8.92. The topological polar surface area (TPSA) is 83.1 Å². The summed E-state index contributed by atoms with van der Waals surface area (Å²) in [5, 5.41) is 2.44. The Morgan fingerprint density at radius 3 is 2.23 bits per heavy atom. The standard InChI is InChI=1S/C20H18F3NO6/c1-11-17(29-16-6-4-3-5-15(16)27-11)19(26)28-12(2)18(25)24-13-7-9-14(10-8-13)30-20(21,22)23/h3-12,17H,1-2H3,(H,24,25). The number of anilines is 1. The van der Waals surface area contributed by atoms with Crippen molar-refractivity contribution in [2.45, 2.75) is 38.5 Å². The molecule has 3 unspecified atom stereocenters. The molecule has 0 bridgehead atoms. The minimum Gasteiger partial charge on any atom is -0.482 e. The van der Waals surface area contributed by atoms with Crippen molar-refractivity contribution in [2.75, 3.05) is 5.32 Å². The molecule has 10 heteroatoms. The lowest BCUT2D eigenvalue weighted by atomic mass is 10.2. The quantitative estimate of drug-likeness (QED) is 0.736. The van der Waals surface area contributed by atoms with Crippen LogP contribution < -0.4 is 19.5 Å². The Balaban J connectivity index is 1.56. The van der Waals surface area contributed by atoms with Gasteiger partial charge >= 0.3 is 12.3 Å². The number of rotatable bonds is 5. The summed E-state index contributed by atoms with van der Waals surface area (Å²) in [6.45, 7) is 2.99. The van der Waals surface area contributed by atoms with Crippen LogP contribution in [0.5, 0.6) is 17.2 Å². The zero-order valence-electron chi connectivity index (χ0n) is 15.9. The van der Waals surface area contributed by atoms with Crippen molar-refractivity contribution in [3.63, 3.8) is 0 Å². The number of esters is 1. The second-order valence-electron chi connectivity index (χ2n) is 6.45. The number of benzene rings is 2. The lowest BCUT2D eigenvalue weighted by Gasteiger charge is -2.30. The van der Waals surface area contributed by atoms with Crippen LogP contribution in [0.3, 0.4) is 0 Å². The minimum absolute atomic E-state index is 0.206. The Labute approximate surface area is 169 Å². The van der Waals surface area contributed by atoms with E-state index in [1.165, 1.54) is 19.1 Å². The first-order chi connectivity index (χ1) is 14.1. The van der Waals surface area contributed by atoms with E-state index in [9.17, 15) is 22.8 Å². The summed E-state index contributed by atoms with van der Waals surface area (Å²) in [6.07, 6.45) is -7.69. The second kappa shape index (κ2) is 8.52. The number of hydrogen-bond donors (Lipinski definition) is 1. The number of fused-ring (bicyclic) bond motifs is 1. The molecule has 3 rings (SSSR count). The van der Waals surface area contributed by atoms with Crippen LogP contribution in [-0.2, 0) is 14.3 Å². The van der Waals surface area contributed by atoms with Crippen molar-refractivity contribution in [1.29, 1.82) is 0 Å². The normalized spacial score (nSPS) is 18.8. The van der Waals surface area contributed by atoms with Gasteiger partial charge in [0.05, 0.1) is 0 Å². The average molecular weight is 425 g/mol. The Bertz CT molecular complexity index is 916. The van der Waals surface area contributed by atoms with Crippen LogP contribution in [0.2, 0.25) is 0 Å². The summed E-state index contributed by atoms with van der Waals surface area (Å²) < 4.78 is 56.7. The number of nitrogens with one attached hydrogen (secondary N) is 1. The molecule has 0 fully saturated rings. The molecule has 2 aromatic rings. The lowest BCUT2D eigenvalue weighted by Crippen LogP contribution is -2.46. The number of halogens is 3. The van der Waals surface area contributed by atoms with Gasteiger partial charge in [0.2, 0.25) is 6.10 Å². The van der Waals surface area contributed by atoms with Crippen LogP contribution in [0.25, 0.3) is 0 Å². The third-order valence-electron chi connectivity index (χ3n) is 4.09. The summed E-state index contributed by atoms with van der Waals surface area (Å²) in [7, 11) is 0. The molecule has 3 atom stereocenters. The lowest BCUT2D eigenvalue weighted by molar-refractivity contribution is -0.274. The number of carbonyl (C=O) groups is 2. The number of hydrogen-bond acceptors (Lipinski definition) is 6. The summed E-state index contributed by atoms with van der Waals surface area (Å²) in [5.74, 6) is -0.997. The van der Waals surface area contributed by atoms with Crippen molar-refractivity contribution in [1.82, 2.24) is 0 Å². The molecule has 2 aromatic carbocycles. The van der Waals surface area contributed by atoms with E-state index in [4.69, 9.17) is 14.2 Å². The minimum atomic E-state index is -4.81. The summed E-state index contributed by atoms with van der Waals surface area (Å²) in [6, 6.07) is 11.4. The first kappa shape index (κ1) is 21.3. The maximum absolute atomic E-state index is 12.4. The third kappa shape index (κ3) is 5.34. The molecule has 1 aliphatic rings. The number of para-hydroxylation sites is 2. The van der Waals surface area contributed by atoms with Gasteiger partial charge in [-0.15, -0.1) is 13.2 Å². The number of carbonyl (C=O) groups excluding carboxylic acids is 2. The fourth-order valence-electron chi connectivity index (χ4n) is 2.66. The number of ether oxygens (including phenoxy) is 4. The number of amides is 1. The highest BCUT2D eigenvalue weighted by Crippen LogP contribution is 2.33. The molecular formula is C20H18F3NO6. The van der Waals surface area contributed by atoms with E-state index in [-0.39, 0.29) is 5.69 Å². The van der Waals surface area contributed by atoms with Gasteiger partial charge in [0.15, 0.2) is 17.6 Å². The number of alkyl halides is 3. The van der Waals surface area contributed by atoms with Gasteiger partial charge in [-0.3, -0.25) is 4.79 Å². The molecule has 1 N–H and O–H groups in total. The monoisotopic (exact) mass is 425 g/mol. The Kier molecular flexibility index (Phi) is 6.04. The molecule has 0 radical (unpaired) electrons. The summed E-state index contributed by atoms with van der Waals surface area (Å²) in [4.78, 5) is 24.7. The van der Waals surface area contributed by atoms with Crippen LogP contribution in [0.15, 0.2) is 48.5 Å². The van der Waals surface area contributed by atoms with Gasteiger partial charge in [0.25, 0.3) is 5.91 Å². The molecule has 1 heterocycles. The van der Waals surface area contributed by atoms with Crippen LogP contribution in [0.4, 0.5) is 18.9 Å². The highest BCUT2D eigenvalue weighted by Gasteiger charge is 2.37. The van der Waals surface area contributed by atoms with Crippen molar-refractivity contribution in [2.24, 2.45) is 0 Å². The zero-order valence-corrected chi connectivity index (χ0v) is 15.9. The van der Waals surface area contributed by atoms with Crippen LogP contribution >= 0.6 is 0 Å². The molecular weight excluding hydrogens is 407 g/mol. The van der Waals surface area contributed by atoms with E-state index in [0.717, 1.165) is 12.1 Å². The fourth-order valence-corrected chi connectivity index (χ4v) is 2.66. The Hall–Kier alpha value is -3.43. The van der Waals surface area contributed by atoms with Crippen molar-refractivity contribution in [3.05, 3.63) is 48.5 Å². The highest BCUT2D eigenvalue weighted by atomic mass is 19.4. The Morgan fingerprint density at radius 1 is 1.03 bits per heavy atom. The van der Waals surface area contributed by atoms with E-state index in [0.29, 0.717) is 11.5 Å². The van der Waals surface area contributed by atoms with E-state index in [2.05, 4.69) is 10.1 Å². The predicted molar refractivity (Wildman–Crippen MR) is 98.3 cm³/mol. The van der Waals surface area contributed by atoms with Gasteiger partial charge < -0.3 is 24.3 Å². The van der Waals surface area contributed by atoms with Crippen LogP contribution in [0, 0.1) is 0 Å². The van der Waals surface area contributed by atoms with Crippen molar-refractivity contribution in [3.8, 4) is 17.2 Å². The molecule has 1 aliphatic heterocycles. The fraction of sp³-hybridized carbons (Fsp3) is 0.300. The van der Waals surface area contributed by atoms with E-state index >= 15 is 0 Å². The molecule has 0 aliphatic carbocycles. The van der Waals surface area contributed by atoms with Crippen molar-refractivity contribution >= 4 is 17.6 Å². The van der Waals surface area contributed by atoms with Crippen LogP contribution in [0.1, 0.15) is 13.8 Å². The molecule has 0 aromatic heterocycles. The maximum Gasteiger partial charge on any atom is 0.573 e. The molecule has 160 valence electrons. The SMILES string of the molecule is CC(OC(=O)C1Oc2ccccc2OC1C)C(=O)Nc1ccc(OC(F)(F)F)cc1. The van der Waals surface area contributed by atoms with Crippen LogP contribution in [-0.4, -0.2) is 36.6 Å². The van der Waals surface area contributed by atoms with Crippen molar-refractivity contribution < 1.29 is 41.7 Å². The second-order valence-corrected chi connectivity index (χ2v) is 6.45. The van der Waals surface area contributed by atoms with Gasteiger partial charge in [-0.25, -0.2) is 4.79 Å². The molecule has 0 spiro atoms. The third-order valence-corrected chi connectivity index (χ3v) is 4.09. The largest absolute Gasteiger partial charge is 0.573 e. The van der Waals surface area contributed by atoms with Gasteiger partial charge in [-0.05, 0) is 50.2 Å². The smallest absolute Gasteiger partial charge is 0.482 e. The zero-order chi connectivity index (χ0) is 21.9. The molecule has 7 nitrogen and oxygen atoms in total. The van der Waals surface area contributed by atoms with Gasteiger partial charge in [-0.2, -0.15) is 0 Å². The molecule has 0 saturated carbocycles. The summed E-state index contributed by atoms with van der Waals surface area (Å²) >= 11 is 0. The van der Waals surface area contributed by atoms with E-state index in [1.807, 2.05) is 0 Å². The van der Waals surface area contributed by atoms with E-state index < -0.39 is 42.3 Å². The molecule has 30 heavy (non-hydrogen) atoms. The molecule has 1 amide bonds. The van der Waals surface area contributed by atoms with Gasteiger partial charge in [0.1, 0.15) is 11.9 Å². The highest BCUT2D eigenvalue weighted by molar-refractivity contribution is 5.95. The maximum atomic E-state index is 12.4. The summed E-state index contributed by atoms with van der Waals surface area (Å²) in [5.41, 5.74) is 0.206. The Morgan fingerprint density at radius 2 is 1.63 bits per heavy atom.